The Bertz CT molecular complexity index is 843. The van der Waals surface area contributed by atoms with Crippen molar-refractivity contribution < 1.29 is 10.0 Å². The quantitative estimate of drug-likeness (QED) is 0.410. The van der Waals surface area contributed by atoms with Crippen molar-refractivity contribution in [1.82, 2.24) is 10.8 Å². The molecule has 0 spiro atoms. The molecule has 0 aliphatic rings. The van der Waals surface area contributed by atoms with Gasteiger partial charge in [-0.1, -0.05) is 36.4 Å². The standard InChI is InChI=1S/C18H19N3O2S/c19-9-12-1-3-13(4-2-12)10-20-11-14-5-6-15-8-17(18(22)21-23)24-16(15)7-14/h1-8,20,23H,9-11,19H2,(H,21,22). The predicted molar refractivity (Wildman–Crippen MR) is 96.0 cm³/mol. The minimum absolute atomic E-state index is 0.475. The Balaban J connectivity index is 1.63. The maximum Gasteiger partial charge on any atom is 0.284 e. The number of fused-ring (bicyclic) bond motifs is 1. The number of carbonyl (C=O) groups excluding carboxylic acids is 1. The molecule has 5 nitrogen and oxygen atoms in total. The highest BCUT2D eigenvalue weighted by Gasteiger charge is 2.09. The minimum Gasteiger partial charge on any atom is -0.326 e. The van der Waals surface area contributed by atoms with Crippen LogP contribution < -0.4 is 16.5 Å². The van der Waals surface area contributed by atoms with Gasteiger partial charge in [-0.05, 0) is 34.2 Å². The number of amides is 1. The third-order valence-electron chi connectivity index (χ3n) is 3.83. The number of thiophene rings is 1. The summed E-state index contributed by atoms with van der Waals surface area (Å²) in [5.41, 5.74) is 10.8. The number of carbonyl (C=O) groups is 1. The smallest absolute Gasteiger partial charge is 0.284 e. The molecule has 0 unspecified atom stereocenters. The Morgan fingerprint density at radius 3 is 2.38 bits per heavy atom. The number of benzene rings is 2. The van der Waals surface area contributed by atoms with Crippen molar-refractivity contribution in [2.75, 3.05) is 0 Å². The number of nitrogens with one attached hydrogen (secondary N) is 2. The fourth-order valence-corrected chi connectivity index (χ4v) is 3.51. The van der Waals surface area contributed by atoms with Crippen molar-refractivity contribution in [2.45, 2.75) is 19.6 Å². The molecule has 0 atom stereocenters. The van der Waals surface area contributed by atoms with E-state index in [-0.39, 0.29) is 0 Å². The van der Waals surface area contributed by atoms with Crippen molar-refractivity contribution in [1.29, 1.82) is 0 Å². The predicted octanol–water partition coefficient (Wildman–Crippen LogP) is 2.77. The Morgan fingerprint density at radius 1 is 1.00 bits per heavy atom. The van der Waals surface area contributed by atoms with Crippen LogP contribution in [0, 0.1) is 0 Å². The molecule has 124 valence electrons. The second kappa shape index (κ2) is 7.55. The fourth-order valence-electron chi connectivity index (χ4n) is 2.50. The summed E-state index contributed by atoms with van der Waals surface area (Å²) < 4.78 is 1.03. The van der Waals surface area contributed by atoms with E-state index >= 15 is 0 Å². The number of nitrogens with two attached hydrogens (primary N) is 1. The van der Waals surface area contributed by atoms with Crippen molar-refractivity contribution in [3.63, 3.8) is 0 Å². The van der Waals surface area contributed by atoms with Gasteiger partial charge in [0, 0.05) is 24.3 Å². The average Bonchev–Trinajstić information content (AvgIpc) is 3.05. The average molecular weight is 341 g/mol. The van der Waals surface area contributed by atoms with Crippen molar-refractivity contribution in [2.24, 2.45) is 5.73 Å². The molecule has 1 amide bonds. The zero-order valence-electron chi connectivity index (χ0n) is 13.1. The Kier molecular flexibility index (Phi) is 5.22. The molecule has 3 rings (SSSR count). The van der Waals surface area contributed by atoms with Crippen LogP contribution in [0.1, 0.15) is 26.4 Å². The molecule has 0 bridgehead atoms. The van der Waals surface area contributed by atoms with E-state index in [4.69, 9.17) is 10.9 Å². The summed E-state index contributed by atoms with van der Waals surface area (Å²) in [5.74, 6) is -0.475. The van der Waals surface area contributed by atoms with Crippen LogP contribution in [-0.2, 0) is 19.6 Å². The molecular formula is C18H19N3O2S. The Labute approximate surface area is 144 Å². The van der Waals surface area contributed by atoms with E-state index < -0.39 is 5.91 Å². The normalized spacial score (nSPS) is 10.9. The zero-order valence-corrected chi connectivity index (χ0v) is 13.9. The van der Waals surface area contributed by atoms with Gasteiger partial charge in [0.15, 0.2) is 0 Å². The number of hydrogen-bond donors (Lipinski definition) is 4. The number of hydroxylamine groups is 1. The van der Waals surface area contributed by atoms with Gasteiger partial charge in [-0.3, -0.25) is 10.0 Å². The van der Waals surface area contributed by atoms with Gasteiger partial charge in [0.25, 0.3) is 5.91 Å². The second-order valence-corrected chi connectivity index (χ2v) is 6.63. The van der Waals surface area contributed by atoms with Gasteiger partial charge in [-0.25, -0.2) is 5.48 Å². The van der Waals surface area contributed by atoms with E-state index in [0.29, 0.717) is 11.4 Å². The van der Waals surface area contributed by atoms with E-state index in [1.807, 2.05) is 24.3 Å². The van der Waals surface area contributed by atoms with Crippen LogP contribution >= 0.6 is 11.3 Å². The molecule has 0 radical (unpaired) electrons. The third-order valence-corrected chi connectivity index (χ3v) is 4.92. The van der Waals surface area contributed by atoms with E-state index in [0.717, 1.165) is 34.3 Å². The maximum absolute atomic E-state index is 11.5. The first-order chi connectivity index (χ1) is 11.7. The molecule has 0 saturated heterocycles. The molecule has 2 aromatic carbocycles. The van der Waals surface area contributed by atoms with Gasteiger partial charge >= 0.3 is 0 Å². The van der Waals surface area contributed by atoms with E-state index in [9.17, 15) is 4.79 Å². The lowest BCUT2D eigenvalue weighted by atomic mass is 10.1. The monoisotopic (exact) mass is 341 g/mol. The van der Waals surface area contributed by atoms with Gasteiger partial charge in [0.05, 0.1) is 4.88 Å². The lowest BCUT2D eigenvalue weighted by molar-refractivity contribution is 0.0711. The van der Waals surface area contributed by atoms with Gasteiger partial charge in [0.2, 0.25) is 0 Å². The summed E-state index contributed by atoms with van der Waals surface area (Å²) in [4.78, 5) is 12.0. The van der Waals surface area contributed by atoms with Crippen LogP contribution in [0.25, 0.3) is 10.1 Å². The van der Waals surface area contributed by atoms with E-state index in [1.165, 1.54) is 16.9 Å². The molecule has 6 heteroatoms. The largest absolute Gasteiger partial charge is 0.326 e. The summed E-state index contributed by atoms with van der Waals surface area (Å²) in [6.45, 7) is 2.09. The fraction of sp³-hybridized carbons (Fsp3) is 0.167. The summed E-state index contributed by atoms with van der Waals surface area (Å²) in [6, 6.07) is 16.1. The maximum atomic E-state index is 11.5. The Morgan fingerprint density at radius 2 is 1.67 bits per heavy atom. The van der Waals surface area contributed by atoms with Gasteiger partial charge in [-0.15, -0.1) is 11.3 Å². The molecule has 1 heterocycles. The second-order valence-electron chi connectivity index (χ2n) is 5.55. The summed E-state index contributed by atoms with van der Waals surface area (Å²) in [5, 5.41) is 13.1. The summed E-state index contributed by atoms with van der Waals surface area (Å²) in [7, 11) is 0. The number of rotatable bonds is 6. The Hall–Kier alpha value is -2.25. The molecule has 0 fully saturated rings. The van der Waals surface area contributed by atoms with Crippen molar-refractivity contribution in [3.8, 4) is 0 Å². The molecule has 24 heavy (non-hydrogen) atoms. The minimum atomic E-state index is -0.475. The third kappa shape index (κ3) is 3.80. The molecular weight excluding hydrogens is 322 g/mol. The summed E-state index contributed by atoms with van der Waals surface area (Å²) in [6.07, 6.45) is 0. The summed E-state index contributed by atoms with van der Waals surface area (Å²) >= 11 is 1.37. The molecule has 0 aliphatic carbocycles. The topological polar surface area (TPSA) is 87.4 Å². The first kappa shape index (κ1) is 16.6. The van der Waals surface area contributed by atoms with Gasteiger partial charge in [-0.2, -0.15) is 0 Å². The van der Waals surface area contributed by atoms with Crippen molar-refractivity contribution in [3.05, 3.63) is 70.1 Å². The van der Waals surface area contributed by atoms with Crippen LogP contribution in [-0.4, -0.2) is 11.1 Å². The number of hydrogen-bond acceptors (Lipinski definition) is 5. The zero-order chi connectivity index (χ0) is 16.9. The van der Waals surface area contributed by atoms with Gasteiger partial charge in [0.1, 0.15) is 0 Å². The van der Waals surface area contributed by atoms with Crippen LogP contribution in [0.3, 0.4) is 0 Å². The molecule has 5 N–H and O–H groups in total. The van der Waals surface area contributed by atoms with Gasteiger partial charge < -0.3 is 11.1 Å². The van der Waals surface area contributed by atoms with Crippen LogP contribution in [0.15, 0.2) is 48.5 Å². The van der Waals surface area contributed by atoms with Crippen LogP contribution in [0.5, 0.6) is 0 Å². The van der Waals surface area contributed by atoms with Crippen LogP contribution in [0.2, 0.25) is 0 Å². The van der Waals surface area contributed by atoms with Crippen molar-refractivity contribution >= 4 is 27.3 Å². The first-order valence-electron chi connectivity index (χ1n) is 7.65. The lowest BCUT2D eigenvalue weighted by Crippen LogP contribution is -2.16. The SMILES string of the molecule is NCc1ccc(CNCc2ccc3cc(C(=O)NO)sc3c2)cc1. The highest BCUT2D eigenvalue weighted by atomic mass is 32.1. The first-order valence-corrected chi connectivity index (χ1v) is 8.47. The molecule has 0 saturated carbocycles. The highest BCUT2D eigenvalue weighted by Crippen LogP contribution is 2.26. The highest BCUT2D eigenvalue weighted by molar-refractivity contribution is 7.20. The van der Waals surface area contributed by atoms with E-state index in [2.05, 4.69) is 23.5 Å². The van der Waals surface area contributed by atoms with Crippen LogP contribution in [0.4, 0.5) is 0 Å². The molecule has 0 aliphatic heterocycles. The van der Waals surface area contributed by atoms with E-state index in [1.54, 1.807) is 11.5 Å². The molecule has 1 aromatic heterocycles. The lowest BCUT2D eigenvalue weighted by Gasteiger charge is -2.06. The molecule has 3 aromatic rings.